The maximum Gasteiger partial charge on any atom is 0.0729 e. The minimum atomic E-state index is -0.458. The monoisotopic (exact) mass is 567 g/mol. The van der Waals surface area contributed by atoms with Crippen molar-refractivity contribution in [2.24, 2.45) is 0 Å². The average Bonchev–Trinajstić information content (AvgIpc) is 3.54. The highest BCUT2D eigenvalue weighted by atomic mass is 35.5. The first kappa shape index (κ1) is 24.5. The van der Waals surface area contributed by atoms with Gasteiger partial charge < -0.3 is 4.90 Å². The minimum absolute atomic E-state index is 0.458. The van der Waals surface area contributed by atoms with Crippen molar-refractivity contribution in [1.29, 1.82) is 0 Å². The van der Waals surface area contributed by atoms with Gasteiger partial charge in [-0.05, 0) is 80.0 Å². The molecule has 7 aromatic carbocycles. The molecule has 0 amide bonds. The van der Waals surface area contributed by atoms with Crippen LogP contribution in [0.4, 0.5) is 17.1 Å². The molecule has 0 fully saturated rings. The Morgan fingerprint density at radius 3 is 1.60 bits per heavy atom. The molecule has 0 bridgehead atoms. The van der Waals surface area contributed by atoms with Crippen LogP contribution in [0, 0.1) is 0 Å². The number of nitrogens with zero attached hydrogens (tertiary/aromatic N) is 1. The third-order valence-corrected chi connectivity index (χ3v) is 9.62. The highest BCUT2D eigenvalue weighted by molar-refractivity contribution is 6.35. The predicted octanol–water partition coefficient (Wildman–Crippen LogP) is 11.3. The molecule has 0 saturated heterocycles. The molecule has 202 valence electrons. The maximum atomic E-state index is 7.30. The Kier molecular flexibility index (Phi) is 5.24. The van der Waals surface area contributed by atoms with Gasteiger partial charge in [0.15, 0.2) is 0 Å². The van der Waals surface area contributed by atoms with Gasteiger partial charge in [-0.25, -0.2) is 0 Å². The summed E-state index contributed by atoms with van der Waals surface area (Å²) >= 11 is 7.30. The molecule has 9 rings (SSSR count). The van der Waals surface area contributed by atoms with Crippen LogP contribution in [0.3, 0.4) is 0 Å². The van der Waals surface area contributed by atoms with E-state index in [1.165, 1.54) is 55.3 Å². The molecule has 7 aromatic rings. The summed E-state index contributed by atoms with van der Waals surface area (Å²) in [6.07, 6.45) is 0. The fourth-order valence-corrected chi connectivity index (χ4v) is 7.97. The summed E-state index contributed by atoms with van der Waals surface area (Å²) in [5.41, 5.74) is 13.0. The van der Waals surface area contributed by atoms with Crippen LogP contribution in [-0.4, -0.2) is 0 Å². The molecule has 0 N–H and O–H groups in total. The van der Waals surface area contributed by atoms with E-state index < -0.39 is 5.41 Å². The summed E-state index contributed by atoms with van der Waals surface area (Å²) < 4.78 is 0. The van der Waals surface area contributed by atoms with Crippen molar-refractivity contribution in [3.63, 3.8) is 0 Å². The zero-order valence-electron chi connectivity index (χ0n) is 23.3. The maximum absolute atomic E-state index is 7.30. The number of anilines is 3. The van der Waals surface area contributed by atoms with E-state index in [-0.39, 0.29) is 0 Å². The summed E-state index contributed by atoms with van der Waals surface area (Å²) in [7, 11) is 0. The van der Waals surface area contributed by atoms with E-state index in [2.05, 4.69) is 163 Å². The van der Waals surface area contributed by atoms with Crippen LogP contribution in [0.1, 0.15) is 22.3 Å². The highest BCUT2D eigenvalue weighted by Gasteiger charge is 2.53. The van der Waals surface area contributed by atoms with Gasteiger partial charge in [-0.2, -0.15) is 0 Å². The molecule has 0 radical (unpaired) electrons. The van der Waals surface area contributed by atoms with Crippen LogP contribution < -0.4 is 4.90 Å². The minimum Gasteiger partial charge on any atom is -0.308 e. The lowest BCUT2D eigenvalue weighted by molar-refractivity contribution is 0.794. The highest BCUT2D eigenvalue weighted by Crippen LogP contribution is 2.66. The van der Waals surface area contributed by atoms with Gasteiger partial charge in [-0.1, -0.05) is 139 Å². The largest absolute Gasteiger partial charge is 0.308 e. The molecule has 0 aliphatic heterocycles. The van der Waals surface area contributed by atoms with E-state index in [4.69, 9.17) is 11.6 Å². The van der Waals surface area contributed by atoms with Gasteiger partial charge in [0.1, 0.15) is 0 Å². The van der Waals surface area contributed by atoms with Crippen LogP contribution in [0.5, 0.6) is 0 Å². The van der Waals surface area contributed by atoms with Gasteiger partial charge in [0.25, 0.3) is 0 Å². The second-order valence-electron chi connectivity index (χ2n) is 11.4. The molecule has 2 heteroatoms. The number of halogens is 1. The van der Waals surface area contributed by atoms with Crippen LogP contribution in [0.15, 0.2) is 158 Å². The number of hydrogen-bond donors (Lipinski definition) is 0. The summed E-state index contributed by atoms with van der Waals surface area (Å²) in [6, 6.07) is 56.8. The SMILES string of the molecule is Clc1ccc2c(c1N(c1ccccc1)c1ccccc1)-c1ccccc1C21c2ccccc2-c2c1ccc1ccccc21. The second-order valence-corrected chi connectivity index (χ2v) is 11.8. The third kappa shape index (κ3) is 3.23. The van der Waals surface area contributed by atoms with E-state index in [0.29, 0.717) is 0 Å². The van der Waals surface area contributed by atoms with Crippen LogP contribution in [-0.2, 0) is 5.41 Å². The fourth-order valence-electron chi connectivity index (χ4n) is 7.73. The summed E-state index contributed by atoms with van der Waals surface area (Å²) in [5, 5.41) is 3.28. The van der Waals surface area contributed by atoms with Gasteiger partial charge >= 0.3 is 0 Å². The van der Waals surface area contributed by atoms with Crippen molar-refractivity contribution in [3.05, 3.63) is 185 Å². The Labute approximate surface area is 256 Å². The van der Waals surface area contributed by atoms with Gasteiger partial charge in [0, 0.05) is 16.9 Å². The van der Waals surface area contributed by atoms with E-state index >= 15 is 0 Å². The average molecular weight is 568 g/mol. The zero-order valence-corrected chi connectivity index (χ0v) is 24.1. The van der Waals surface area contributed by atoms with Crippen LogP contribution in [0.25, 0.3) is 33.0 Å². The van der Waals surface area contributed by atoms with Crippen molar-refractivity contribution >= 4 is 39.4 Å². The predicted molar refractivity (Wildman–Crippen MR) is 180 cm³/mol. The number of hydrogen-bond acceptors (Lipinski definition) is 1. The van der Waals surface area contributed by atoms with Crippen LogP contribution >= 0.6 is 11.6 Å². The first-order valence-corrected chi connectivity index (χ1v) is 15.1. The zero-order chi connectivity index (χ0) is 28.5. The van der Waals surface area contributed by atoms with Crippen molar-refractivity contribution in [2.45, 2.75) is 5.41 Å². The first-order valence-electron chi connectivity index (χ1n) is 14.7. The standard InChI is InChI=1S/C41H26ClN/c42-37-26-25-36-39(40(37)43(28-14-3-1-4-15-28)29-16-5-2-6-17-29)32-20-10-12-22-34(32)41(36)33-21-11-9-19-31(33)38-30-18-8-7-13-27(30)23-24-35(38)41/h1-26H. The Balaban J connectivity index is 1.45. The van der Waals surface area contributed by atoms with Gasteiger partial charge in [0.2, 0.25) is 0 Å². The lowest BCUT2D eigenvalue weighted by atomic mass is 9.70. The van der Waals surface area contributed by atoms with Crippen molar-refractivity contribution in [2.75, 3.05) is 4.90 Å². The van der Waals surface area contributed by atoms with E-state index in [1.807, 2.05) is 0 Å². The summed E-state index contributed by atoms with van der Waals surface area (Å²) in [4.78, 5) is 2.32. The number of benzene rings is 7. The van der Waals surface area contributed by atoms with E-state index in [0.717, 1.165) is 22.1 Å². The smallest absolute Gasteiger partial charge is 0.0729 e. The molecular weight excluding hydrogens is 542 g/mol. The molecule has 1 spiro atoms. The van der Waals surface area contributed by atoms with Crippen molar-refractivity contribution in [1.82, 2.24) is 0 Å². The summed E-state index contributed by atoms with van der Waals surface area (Å²) in [5.74, 6) is 0. The van der Waals surface area contributed by atoms with Gasteiger partial charge in [-0.15, -0.1) is 0 Å². The molecule has 1 nitrogen and oxygen atoms in total. The Morgan fingerprint density at radius 2 is 0.930 bits per heavy atom. The van der Waals surface area contributed by atoms with Crippen LogP contribution in [0.2, 0.25) is 5.02 Å². The van der Waals surface area contributed by atoms with Crippen molar-refractivity contribution in [3.8, 4) is 22.3 Å². The normalized spacial score (nSPS) is 15.7. The lowest BCUT2D eigenvalue weighted by Crippen LogP contribution is -2.26. The molecule has 43 heavy (non-hydrogen) atoms. The van der Waals surface area contributed by atoms with Gasteiger partial charge in [-0.3, -0.25) is 0 Å². The summed E-state index contributed by atoms with van der Waals surface area (Å²) in [6.45, 7) is 0. The molecule has 0 aromatic heterocycles. The molecule has 2 aliphatic rings. The quantitative estimate of drug-likeness (QED) is 0.205. The first-order chi connectivity index (χ1) is 21.3. The molecule has 1 unspecified atom stereocenters. The van der Waals surface area contributed by atoms with E-state index in [9.17, 15) is 0 Å². The molecular formula is C41H26ClN. The number of fused-ring (bicyclic) bond motifs is 12. The molecule has 0 heterocycles. The lowest BCUT2D eigenvalue weighted by Gasteiger charge is -2.32. The van der Waals surface area contributed by atoms with E-state index in [1.54, 1.807) is 0 Å². The number of rotatable bonds is 3. The third-order valence-electron chi connectivity index (χ3n) is 9.32. The molecule has 2 aliphatic carbocycles. The van der Waals surface area contributed by atoms with Gasteiger partial charge in [0.05, 0.1) is 16.1 Å². The second kappa shape index (κ2) is 9.19. The Bertz CT molecular complexity index is 2160. The van der Waals surface area contributed by atoms with Crippen molar-refractivity contribution < 1.29 is 0 Å². The topological polar surface area (TPSA) is 3.24 Å². The molecule has 1 atom stereocenters. The molecule has 0 saturated carbocycles. The fraction of sp³-hybridized carbons (Fsp3) is 0.0244. The number of para-hydroxylation sites is 2. The Morgan fingerprint density at radius 1 is 0.419 bits per heavy atom. The Hall–Kier alpha value is -5.11.